The fraction of sp³-hybridized carbons (Fsp3) is 0.0870. The Labute approximate surface area is 179 Å². The summed E-state index contributed by atoms with van der Waals surface area (Å²) in [5.74, 6) is 0.153. The molecular weight excluding hydrogens is 404 g/mol. The molecule has 0 atom stereocenters. The zero-order chi connectivity index (χ0) is 21.3. The molecule has 0 heterocycles. The van der Waals surface area contributed by atoms with Crippen molar-refractivity contribution in [3.8, 4) is 11.5 Å². The van der Waals surface area contributed by atoms with Gasteiger partial charge in [0.25, 0.3) is 5.91 Å². The number of hydrogen-bond donors (Lipinski definition) is 1. The number of amides is 1. The Kier molecular flexibility index (Phi) is 7.19. The number of ether oxygens (including phenoxy) is 2. The normalized spacial score (nSPS) is 10.6. The first-order chi connectivity index (χ1) is 14.5. The summed E-state index contributed by atoms with van der Waals surface area (Å²) in [4.78, 5) is 23.9. The van der Waals surface area contributed by atoms with Crippen LogP contribution in [0.4, 0.5) is 0 Å². The van der Waals surface area contributed by atoms with Crippen molar-refractivity contribution in [3.05, 3.63) is 94.5 Å². The highest BCUT2D eigenvalue weighted by atomic mass is 35.5. The molecule has 0 unspecified atom stereocenters. The highest BCUT2D eigenvalue weighted by Gasteiger charge is 2.08. The van der Waals surface area contributed by atoms with Gasteiger partial charge in [-0.05, 0) is 73.2 Å². The second-order valence-electron chi connectivity index (χ2n) is 6.36. The van der Waals surface area contributed by atoms with Crippen LogP contribution < -0.4 is 14.9 Å². The molecule has 0 aromatic heterocycles. The zero-order valence-electron chi connectivity index (χ0n) is 16.2. The number of carbonyl (C=O) groups is 2. The number of nitrogens with one attached hydrogen (secondary N) is 1. The lowest BCUT2D eigenvalue weighted by Gasteiger charge is -2.05. The molecule has 1 N–H and O–H groups in total. The van der Waals surface area contributed by atoms with E-state index in [0.29, 0.717) is 22.1 Å². The molecule has 1 amide bonds. The molecule has 152 valence electrons. The molecule has 6 nitrogen and oxygen atoms in total. The molecule has 30 heavy (non-hydrogen) atoms. The van der Waals surface area contributed by atoms with Crippen LogP contribution in [0.25, 0.3) is 0 Å². The highest BCUT2D eigenvalue weighted by molar-refractivity contribution is 6.30. The van der Waals surface area contributed by atoms with Crippen molar-refractivity contribution in [2.45, 2.75) is 6.92 Å². The van der Waals surface area contributed by atoms with Crippen LogP contribution in [0.2, 0.25) is 5.02 Å². The third-order valence-corrected chi connectivity index (χ3v) is 4.22. The van der Waals surface area contributed by atoms with Gasteiger partial charge in [-0.15, -0.1) is 0 Å². The minimum atomic E-state index is -0.478. The summed E-state index contributed by atoms with van der Waals surface area (Å²) < 4.78 is 10.7. The maximum Gasteiger partial charge on any atom is 0.343 e. The van der Waals surface area contributed by atoms with Crippen LogP contribution in [0.15, 0.2) is 77.9 Å². The number of hydrogen-bond acceptors (Lipinski definition) is 5. The van der Waals surface area contributed by atoms with Gasteiger partial charge in [0.05, 0.1) is 11.8 Å². The number of aryl methyl sites for hydroxylation is 1. The van der Waals surface area contributed by atoms with Crippen molar-refractivity contribution in [2.24, 2.45) is 5.10 Å². The summed E-state index contributed by atoms with van der Waals surface area (Å²) >= 11 is 5.81. The van der Waals surface area contributed by atoms with E-state index in [1.807, 2.05) is 19.1 Å². The lowest BCUT2D eigenvalue weighted by molar-refractivity contribution is -0.123. The van der Waals surface area contributed by atoms with Gasteiger partial charge < -0.3 is 9.47 Å². The maximum absolute atomic E-state index is 12.1. The molecule has 3 aromatic rings. The number of carbonyl (C=O) groups excluding carboxylic acids is 2. The molecule has 0 radical (unpaired) electrons. The minimum Gasteiger partial charge on any atom is -0.484 e. The molecular formula is C23H19ClN2O4. The van der Waals surface area contributed by atoms with E-state index in [-0.39, 0.29) is 12.5 Å². The first-order valence-electron chi connectivity index (χ1n) is 9.09. The molecule has 0 spiro atoms. The van der Waals surface area contributed by atoms with Crippen LogP contribution in [0.1, 0.15) is 21.5 Å². The number of esters is 1. The number of nitrogens with zero attached hydrogens (tertiary/aromatic N) is 1. The van der Waals surface area contributed by atoms with Crippen molar-refractivity contribution < 1.29 is 19.1 Å². The fourth-order valence-electron chi connectivity index (χ4n) is 2.37. The SMILES string of the molecule is Cc1ccc(OCC(=O)N/N=C\c2ccc(OC(=O)c3ccc(Cl)cc3)cc2)cc1. The Morgan fingerprint density at radius 3 is 2.23 bits per heavy atom. The van der Waals surface area contributed by atoms with E-state index in [0.717, 1.165) is 11.1 Å². The Hall–Kier alpha value is -3.64. The van der Waals surface area contributed by atoms with Crippen molar-refractivity contribution in [3.63, 3.8) is 0 Å². The van der Waals surface area contributed by atoms with Gasteiger partial charge in [0.15, 0.2) is 6.61 Å². The van der Waals surface area contributed by atoms with Crippen molar-refractivity contribution >= 4 is 29.7 Å². The van der Waals surface area contributed by atoms with Crippen LogP contribution in [-0.4, -0.2) is 24.7 Å². The average Bonchev–Trinajstić information content (AvgIpc) is 2.75. The first kappa shape index (κ1) is 21.1. The molecule has 0 saturated carbocycles. The van der Waals surface area contributed by atoms with E-state index in [9.17, 15) is 9.59 Å². The smallest absolute Gasteiger partial charge is 0.343 e. The summed E-state index contributed by atoms with van der Waals surface area (Å²) in [6.07, 6.45) is 1.48. The van der Waals surface area contributed by atoms with Crippen LogP contribution in [-0.2, 0) is 4.79 Å². The van der Waals surface area contributed by atoms with Gasteiger partial charge in [0, 0.05) is 5.02 Å². The minimum absolute atomic E-state index is 0.139. The van der Waals surface area contributed by atoms with Gasteiger partial charge in [0.2, 0.25) is 0 Å². The van der Waals surface area contributed by atoms with Crippen LogP contribution in [0.3, 0.4) is 0 Å². The van der Waals surface area contributed by atoms with Crippen LogP contribution in [0.5, 0.6) is 11.5 Å². The van der Waals surface area contributed by atoms with Crippen molar-refractivity contribution in [2.75, 3.05) is 6.61 Å². The van der Waals surface area contributed by atoms with Crippen molar-refractivity contribution in [1.82, 2.24) is 5.43 Å². The molecule has 0 bridgehead atoms. The summed E-state index contributed by atoms with van der Waals surface area (Å²) in [7, 11) is 0. The van der Waals surface area contributed by atoms with Gasteiger partial charge in [-0.1, -0.05) is 29.3 Å². The summed E-state index contributed by atoms with van der Waals surface area (Å²) in [5, 5.41) is 4.43. The Bertz CT molecular complexity index is 1030. The molecule has 0 aliphatic heterocycles. The van der Waals surface area contributed by atoms with E-state index in [1.54, 1.807) is 60.7 Å². The van der Waals surface area contributed by atoms with Gasteiger partial charge in [-0.2, -0.15) is 5.10 Å². The monoisotopic (exact) mass is 422 g/mol. The average molecular weight is 423 g/mol. The second-order valence-corrected chi connectivity index (χ2v) is 6.80. The Morgan fingerprint density at radius 2 is 1.57 bits per heavy atom. The molecule has 0 saturated heterocycles. The topological polar surface area (TPSA) is 77.0 Å². The summed E-state index contributed by atoms with van der Waals surface area (Å²) in [5.41, 5.74) is 4.63. The number of rotatable bonds is 7. The van der Waals surface area contributed by atoms with Gasteiger partial charge >= 0.3 is 5.97 Å². The second kappa shape index (κ2) is 10.2. The van der Waals surface area contributed by atoms with E-state index in [4.69, 9.17) is 21.1 Å². The predicted octanol–water partition coefficient (Wildman–Crippen LogP) is 4.40. The summed E-state index contributed by atoms with van der Waals surface area (Å²) in [6, 6.07) is 20.5. The van der Waals surface area contributed by atoms with Crippen LogP contribution in [0, 0.1) is 6.92 Å². The lowest BCUT2D eigenvalue weighted by Crippen LogP contribution is -2.24. The molecule has 0 fully saturated rings. The first-order valence-corrected chi connectivity index (χ1v) is 9.46. The number of benzene rings is 3. The van der Waals surface area contributed by atoms with Crippen LogP contribution >= 0.6 is 11.6 Å². The van der Waals surface area contributed by atoms with Gasteiger partial charge in [0.1, 0.15) is 11.5 Å². The summed E-state index contributed by atoms with van der Waals surface area (Å²) in [6.45, 7) is 1.83. The Morgan fingerprint density at radius 1 is 0.933 bits per heavy atom. The Balaban J connectivity index is 1.45. The van der Waals surface area contributed by atoms with E-state index in [1.165, 1.54) is 6.21 Å². The molecule has 3 aromatic carbocycles. The third kappa shape index (κ3) is 6.46. The van der Waals surface area contributed by atoms with E-state index in [2.05, 4.69) is 10.5 Å². The maximum atomic E-state index is 12.1. The highest BCUT2D eigenvalue weighted by Crippen LogP contribution is 2.15. The third-order valence-electron chi connectivity index (χ3n) is 3.96. The number of hydrazone groups is 1. The van der Waals surface area contributed by atoms with E-state index < -0.39 is 5.97 Å². The zero-order valence-corrected chi connectivity index (χ0v) is 16.9. The quantitative estimate of drug-likeness (QED) is 0.265. The largest absolute Gasteiger partial charge is 0.484 e. The molecule has 0 aliphatic carbocycles. The fourth-order valence-corrected chi connectivity index (χ4v) is 2.49. The molecule has 0 aliphatic rings. The standard InChI is InChI=1S/C23H19ClN2O4/c1-16-2-10-20(11-3-16)29-15-22(27)26-25-14-17-4-12-21(13-5-17)30-23(28)18-6-8-19(24)9-7-18/h2-14H,15H2,1H3,(H,26,27)/b25-14-. The van der Waals surface area contributed by atoms with Crippen molar-refractivity contribution in [1.29, 1.82) is 0 Å². The molecule has 3 rings (SSSR count). The lowest BCUT2D eigenvalue weighted by atomic mass is 10.2. The van der Waals surface area contributed by atoms with E-state index >= 15 is 0 Å². The number of halogens is 1. The van der Waals surface area contributed by atoms with Gasteiger partial charge in [-0.3, -0.25) is 4.79 Å². The van der Waals surface area contributed by atoms with Gasteiger partial charge in [-0.25, -0.2) is 10.2 Å². The molecule has 7 heteroatoms. The predicted molar refractivity (Wildman–Crippen MR) is 115 cm³/mol.